The van der Waals surface area contributed by atoms with Crippen LogP contribution in [0.1, 0.15) is 6.42 Å². The molecule has 0 saturated heterocycles. The molecule has 2 unspecified atom stereocenters. The average molecular weight is 543 g/mol. The van der Waals surface area contributed by atoms with Gasteiger partial charge in [0.1, 0.15) is 4.34 Å². The van der Waals surface area contributed by atoms with Gasteiger partial charge in [0.2, 0.25) is 14.7 Å². The van der Waals surface area contributed by atoms with Crippen LogP contribution in [0.2, 0.25) is 0 Å². The molecule has 3 rings (SSSR count). The molecule has 7 nitrogen and oxygen atoms in total. The number of hydrogen-bond acceptors (Lipinski definition) is 8. The standard InChI is InChI=1S/C20H19BrN2O5S3/c21-15-5-1-13(2-6-15)14-3-7-17(8-4-14)31(27,28)20(22,18(25)26)11-16(24)12-30-19-23-9-10-29-19/h1-10,16,24H,11-12,22H2,(H,25,26). The van der Waals surface area contributed by atoms with Crippen LogP contribution in [0.5, 0.6) is 0 Å². The Morgan fingerprint density at radius 1 is 1.16 bits per heavy atom. The van der Waals surface area contributed by atoms with Gasteiger partial charge in [-0.25, -0.2) is 18.2 Å². The molecule has 0 aliphatic carbocycles. The Morgan fingerprint density at radius 3 is 2.26 bits per heavy atom. The van der Waals surface area contributed by atoms with E-state index in [4.69, 9.17) is 5.73 Å². The van der Waals surface area contributed by atoms with Crippen LogP contribution >= 0.6 is 39.0 Å². The van der Waals surface area contributed by atoms with Crippen molar-refractivity contribution in [3.05, 3.63) is 64.6 Å². The zero-order valence-corrected chi connectivity index (χ0v) is 20.0. The van der Waals surface area contributed by atoms with Crippen molar-refractivity contribution in [2.24, 2.45) is 5.73 Å². The average Bonchev–Trinajstić information content (AvgIpc) is 3.26. The number of carbonyl (C=O) groups is 1. The number of thiazole rings is 1. The smallest absolute Gasteiger partial charge is 0.340 e. The van der Waals surface area contributed by atoms with Gasteiger partial charge in [0.05, 0.1) is 11.0 Å². The molecule has 0 saturated carbocycles. The van der Waals surface area contributed by atoms with Crippen LogP contribution in [-0.4, -0.2) is 46.3 Å². The van der Waals surface area contributed by atoms with Crippen molar-refractivity contribution in [2.75, 3.05) is 5.75 Å². The molecule has 0 bridgehead atoms. The molecule has 2 atom stereocenters. The molecule has 11 heteroatoms. The summed E-state index contributed by atoms with van der Waals surface area (Å²) < 4.78 is 27.8. The molecule has 1 heterocycles. The Bertz CT molecular complexity index is 1140. The van der Waals surface area contributed by atoms with E-state index in [1.807, 2.05) is 24.3 Å². The maximum atomic E-state index is 13.1. The molecule has 0 aliphatic heterocycles. The Hall–Kier alpha value is -1.76. The quantitative estimate of drug-likeness (QED) is 0.349. The minimum absolute atomic E-state index is 0.0672. The van der Waals surface area contributed by atoms with Crippen molar-refractivity contribution in [2.45, 2.75) is 26.6 Å². The van der Waals surface area contributed by atoms with Crippen molar-refractivity contribution in [1.29, 1.82) is 0 Å². The van der Waals surface area contributed by atoms with Gasteiger partial charge < -0.3 is 15.9 Å². The molecule has 1 aromatic heterocycles. The summed E-state index contributed by atoms with van der Waals surface area (Å²) >= 11 is 5.93. The van der Waals surface area contributed by atoms with Gasteiger partial charge in [-0.15, -0.1) is 11.3 Å². The highest BCUT2D eigenvalue weighted by Gasteiger charge is 2.49. The van der Waals surface area contributed by atoms with Crippen LogP contribution in [0.4, 0.5) is 0 Å². The Balaban J connectivity index is 1.81. The van der Waals surface area contributed by atoms with Crippen LogP contribution in [0.3, 0.4) is 0 Å². The third kappa shape index (κ3) is 5.36. The molecule has 164 valence electrons. The minimum atomic E-state index is -4.48. The van der Waals surface area contributed by atoms with Gasteiger partial charge in [-0.3, -0.25) is 0 Å². The predicted molar refractivity (Wildman–Crippen MR) is 125 cm³/mol. The lowest BCUT2D eigenvalue weighted by atomic mass is 10.1. The van der Waals surface area contributed by atoms with Crippen molar-refractivity contribution in [3.8, 4) is 11.1 Å². The second-order valence-corrected chi connectivity index (χ2v) is 12.0. The summed E-state index contributed by atoms with van der Waals surface area (Å²) in [6.07, 6.45) is -0.309. The first-order valence-corrected chi connectivity index (χ1v) is 13.1. The number of thioether (sulfide) groups is 1. The highest BCUT2D eigenvalue weighted by atomic mass is 79.9. The second-order valence-electron chi connectivity index (χ2n) is 6.70. The zero-order valence-electron chi connectivity index (χ0n) is 16.0. The van der Waals surface area contributed by atoms with E-state index in [-0.39, 0.29) is 10.6 Å². The molecule has 0 amide bonds. The fourth-order valence-corrected chi connectivity index (χ4v) is 6.26. The molecule has 2 aromatic carbocycles. The van der Waals surface area contributed by atoms with Crippen molar-refractivity contribution in [3.63, 3.8) is 0 Å². The van der Waals surface area contributed by atoms with Crippen LogP contribution in [-0.2, 0) is 14.6 Å². The van der Waals surface area contributed by atoms with Gasteiger partial charge in [-0.2, -0.15) is 0 Å². The number of nitrogens with zero attached hydrogens (tertiary/aromatic N) is 1. The van der Waals surface area contributed by atoms with Gasteiger partial charge in [0.15, 0.2) is 0 Å². The highest BCUT2D eigenvalue weighted by molar-refractivity contribution is 9.10. The van der Waals surface area contributed by atoms with E-state index < -0.39 is 33.2 Å². The van der Waals surface area contributed by atoms with Gasteiger partial charge >= 0.3 is 5.97 Å². The monoisotopic (exact) mass is 542 g/mol. The fourth-order valence-electron chi connectivity index (χ4n) is 2.85. The van der Waals surface area contributed by atoms with Crippen molar-refractivity contribution >= 4 is 54.8 Å². The number of aromatic nitrogens is 1. The number of carboxylic acids is 1. The number of aliphatic hydroxyl groups excluding tert-OH is 1. The maximum absolute atomic E-state index is 13.1. The number of hydrogen-bond donors (Lipinski definition) is 3. The Kier molecular flexibility index (Phi) is 7.55. The lowest BCUT2D eigenvalue weighted by Gasteiger charge is -2.27. The van der Waals surface area contributed by atoms with Crippen LogP contribution < -0.4 is 5.73 Å². The van der Waals surface area contributed by atoms with E-state index >= 15 is 0 Å². The van der Waals surface area contributed by atoms with E-state index in [2.05, 4.69) is 20.9 Å². The molecule has 0 radical (unpaired) electrons. The number of halogens is 1. The summed E-state index contributed by atoms with van der Waals surface area (Å²) in [5, 5.41) is 21.7. The summed E-state index contributed by atoms with van der Waals surface area (Å²) in [5.74, 6) is -1.65. The maximum Gasteiger partial charge on any atom is 0.340 e. The Labute approximate surface area is 196 Å². The number of carboxylic acid groups (broad SMARTS) is 1. The number of aliphatic carboxylic acids is 1. The van der Waals surface area contributed by atoms with Crippen LogP contribution in [0.25, 0.3) is 11.1 Å². The van der Waals surface area contributed by atoms with Gasteiger partial charge in [-0.05, 0) is 35.4 Å². The third-order valence-electron chi connectivity index (χ3n) is 4.53. The molecule has 0 aliphatic rings. The largest absolute Gasteiger partial charge is 0.479 e. The van der Waals surface area contributed by atoms with E-state index in [0.29, 0.717) is 4.34 Å². The van der Waals surface area contributed by atoms with E-state index in [9.17, 15) is 23.4 Å². The Morgan fingerprint density at radius 2 is 1.74 bits per heavy atom. The third-order valence-corrected chi connectivity index (χ3v) is 9.36. The van der Waals surface area contributed by atoms with E-state index in [1.165, 1.54) is 35.2 Å². The van der Waals surface area contributed by atoms with Crippen LogP contribution in [0.15, 0.2) is 73.8 Å². The summed E-state index contributed by atoms with van der Waals surface area (Å²) in [6, 6.07) is 13.3. The van der Waals surface area contributed by atoms with E-state index in [0.717, 1.165) is 15.6 Å². The van der Waals surface area contributed by atoms with E-state index in [1.54, 1.807) is 23.7 Å². The van der Waals surface area contributed by atoms with Gasteiger partial charge in [0, 0.05) is 28.2 Å². The van der Waals surface area contributed by atoms with Crippen molar-refractivity contribution < 1.29 is 23.4 Å². The first kappa shape index (κ1) is 23.9. The second kappa shape index (κ2) is 9.80. The summed E-state index contributed by atoms with van der Waals surface area (Å²) in [5.41, 5.74) is 7.53. The summed E-state index contributed by atoms with van der Waals surface area (Å²) in [4.78, 5) is 13.1. The van der Waals surface area contributed by atoms with Crippen molar-refractivity contribution in [1.82, 2.24) is 4.98 Å². The first-order chi connectivity index (χ1) is 14.6. The molecular weight excluding hydrogens is 524 g/mol. The molecular formula is C20H19BrN2O5S3. The number of sulfone groups is 1. The number of rotatable bonds is 9. The SMILES string of the molecule is NC(CC(O)CSc1nccs1)(C(=O)O)S(=O)(=O)c1ccc(-c2ccc(Br)cc2)cc1. The number of nitrogens with two attached hydrogens (primary N) is 1. The lowest BCUT2D eigenvalue weighted by Crippen LogP contribution is -2.56. The van der Waals surface area contributed by atoms with Crippen LogP contribution in [0, 0.1) is 0 Å². The minimum Gasteiger partial charge on any atom is -0.479 e. The number of aliphatic hydroxyl groups is 1. The zero-order chi connectivity index (χ0) is 22.6. The summed E-state index contributed by atoms with van der Waals surface area (Å²) in [7, 11) is -4.48. The molecule has 31 heavy (non-hydrogen) atoms. The fraction of sp³-hybridized carbons (Fsp3) is 0.200. The molecule has 0 fully saturated rings. The van der Waals surface area contributed by atoms with Gasteiger partial charge in [-0.1, -0.05) is 52.0 Å². The summed E-state index contributed by atoms with van der Waals surface area (Å²) in [6.45, 7) is 0. The molecule has 0 spiro atoms. The normalized spacial score (nSPS) is 14.7. The topological polar surface area (TPSA) is 131 Å². The molecule has 4 N–H and O–H groups in total. The number of benzene rings is 2. The molecule has 3 aromatic rings. The lowest BCUT2D eigenvalue weighted by molar-refractivity contribution is -0.140. The predicted octanol–water partition coefficient (Wildman–Crippen LogP) is 3.63. The van der Waals surface area contributed by atoms with Gasteiger partial charge in [0.25, 0.3) is 0 Å². The highest BCUT2D eigenvalue weighted by Crippen LogP contribution is 2.31. The first-order valence-electron chi connectivity index (χ1n) is 8.97.